The highest BCUT2D eigenvalue weighted by atomic mass is 32.2. The van der Waals surface area contributed by atoms with Crippen LogP contribution in [0.4, 0.5) is 0 Å². The second-order valence-electron chi connectivity index (χ2n) is 7.62. The number of aromatic nitrogens is 2. The van der Waals surface area contributed by atoms with E-state index in [4.69, 9.17) is 4.98 Å². The molecular formula is C22H25N3O2S. The molecule has 6 heteroatoms. The van der Waals surface area contributed by atoms with Crippen molar-refractivity contribution < 1.29 is 4.79 Å². The number of benzene rings is 2. The lowest BCUT2D eigenvalue weighted by atomic mass is 10.1. The number of carbonyl (C=O) groups is 1. The molecule has 1 aromatic heterocycles. The lowest BCUT2D eigenvalue weighted by Crippen LogP contribution is -2.41. The van der Waals surface area contributed by atoms with E-state index in [9.17, 15) is 9.59 Å². The summed E-state index contributed by atoms with van der Waals surface area (Å²) in [5.41, 5.74) is 2.08. The average molecular weight is 396 g/mol. The van der Waals surface area contributed by atoms with Gasteiger partial charge in [0.2, 0.25) is 5.91 Å². The summed E-state index contributed by atoms with van der Waals surface area (Å²) in [4.78, 5) is 30.3. The maximum Gasteiger partial charge on any atom is 0.266 e. The van der Waals surface area contributed by atoms with E-state index in [1.807, 2.05) is 63.2 Å². The zero-order valence-corrected chi connectivity index (χ0v) is 17.5. The second kappa shape index (κ2) is 8.19. The molecule has 28 heavy (non-hydrogen) atoms. The molecule has 0 fully saturated rings. The first-order valence-electron chi connectivity index (χ1n) is 9.34. The number of thioether (sulfide) groups is 1. The molecule has 5 nitrogen and oxygen atoms in total. The topological polar surface area (TPSA) is 64.0 Å². The lowest BCUT2D eigenvalue weighted by molar-refractivity contribution is -0.119. The Kier molecular flexibility index (Phi) is 5.89. The van der Waals surface area contributed by atoms with Crippen LogP contribution in [0.15, 0.2) is 58.5 Å². The van der Waals surface area contributed by atoms with Gasteiger partial charge in [0.25, 0.3) is 5.56 Å². The van der Waals surface area contributed by atoms with Gasteiger partial charge >= 0.3 is 0 Å². The van der Waals surface area contributed by atoms with Crippen molar-refractivity contribution in [3.63, 3.8) is 0 Å². The predicted octanol–water partition coefficient (Wildman–Crippen LogP) is 3.95. The SMILES string of the molecule is CCc1ccccc1-n1c(SCC(=O)NC(C)(C)C)nc2ccccc2c1=O. The van der Waals surface area contributed by atoms with Gasteiger partial charge in [0.1, 0.15) is 0 Å². The molecule has 3 rings (SSSR count). The van der Waals surface area contributed by atoms with Crippen LogP contribution in [0.2, 0.25) is 0 Å². The van der Waals surface area contributed by atoms with Crippen molar-refractivity contribution in [2.45, 2.75) is 44.8 Å². The summed E-state index contributed by atoms with van der Waals surface area (Å²) in [7, 11) is 0. The summed E-state index contributed by atoms with van der Waals surface area (Å²) < 4.78 is 1.64. The quantitative estimate of drug-likeness (QED) is 0.525. The van der Waals surface area contributed by atoms with Gasteiger partial charge in [-0.05, 0) is 51.0 Å². The number of carbonyl (C=O) groups excluding carboxylic acids is 1. The molecule has 2 aromatic carbocycles. The Hall–Kier alpha value is -2.60. The summed E-state index contributed by atoms with van der Waals surface area (Å²) in [6, 6.07) is 15.1. The first-order valence-corrected chi connectivity index (χ1v) is 10.3. The number of fused-ring (bicyclic) bond motifs is 1. The van der Waals surface area contributed by atoms with Crippen LogP contribution in [0.5, 0.6) is 0 Å². The summed E-state index contributed by atoms with van der Waals surface area (Å²) >= 11 is 1.28. The van der Waals surface area contributed by atoms with Crippen molar-refractivity contribution in [3.8, 4) is 5.69 Å². The molecule has 1 amide bonds. The van der Waals surface area contributed by atoms with Crippen LogP contribution in [0.1, 0.15) is 33.3 Å². The normalized spacial score (nSPS) is 11.6. The van der Waals surface area contributed by atoms with Gasteiger partial charge in [-0.25, -0.2) is 4.98 Å². The second-order valence-corrected chi connectivity index (χ2v) is 8.56. The highest BCUT2D eigenvalue weighted by Gasteiger charge is 2.18. The van der Waals surface area contributed by atoms with Gasteiger partial charge in [-0.15, -0.1) is 0 Å². The minimum absolute atomic E-state index is 0.0877. The van der Waals surface area contributed by atoms with Crippen LogP contribution < -0.4 is 10.9 Å². The van der Waals surface area contributed by atoms with E-state index in [0.29, 0.717) is 16.1 Å². The van der Waals surface area contributed by atoms with E-state index in [1.54, 1.807) is 10.6 Å². The number of hydrogen-bond acceptors (Lipinski definition) is 4. The Labute approximate surface area is 169 Å². The van der Waals surface area contributed by atoms with Crippen molar-refractivity contribution >= 4 is 28.6 Å². The van der Waals surface area contributed by atoms with Gasteiger partial charge in [0.05, 0.1) is 22.3 Å². The Bertz CT molecular complexity index is 1070. The molecule has 0 saturated carbocycles. The standard InChI is InChI=1S/C22H25N3O2S/c1-5-15-10-6-9-13-18(15)25-20(27)16-11-7-8-12-17(16)23-21(25)28-14-19(26)24-22(2,3)4/h6-13H,5,14H2,1-4H3,(H,24,26). The maximum atomic E-state index is 13.3. The van der Waals surface area contributed by atoms with E-state index < -0.39 is 0 Å². The summed E-state index contributed by atoms with van der Waals surface area (Å²) in [5, 5.41) is 4.04. The molecule has 1 heterocycles. The zero-order valence-electron chi connectivity index (χ0n) is 16.7. The third-order valence-corrected chi connectivity index (χ3v) is 5.14. The molecule has 3 aromatic rings. The first-order chi connectivity index (χ1) is 13.3. The van der Waals surface area contributed by atoms with Crippen molar-refractivity contribution in [2.24, 2.45) is 0 Å². The van der Waals surface area contributed by atoms with Gasteiger partial charge in [-0.2, -0.15) is 0 Å². The molecule has 0 aliphatic heterocycles. The summed E-state index contributed by atoms with van der Waals surface area (Å²) in [6.07, 6.45) is 0.796. The Morgan fingerprint density at radius 2 is 1.79 bits per heavy atom. The van der Waals surface area contributed by atoms with E-state index in [2.05, 4.69) is 12.2 Å². The molecule has 0 aliphatic rings. The number of rotatable bonds is 5. The molecule has 0 spiro atoms. The number of hydrogen-bond donors (Lipinski definition) is 1. The van der Waals surface area contributed by atoms with E-state index in [-0.39, 0.29) is 22.8 Å². The number of nitrogens with one attached hydrogen (secondary N) is 1. The van der Waals surface area contributed by atoms with Gasteiger partial charge in [-0.3, -0.25) is 14.2 Å². The third-order valence-electron chi connectivity index (χ3n) is 4.21. The zero-order chi connectivity index (χ0) is 20.3. The molecule has 1 N–H and O–H groups in total. The van der Waals surface area contributed by atoms with Gasteiger partial charge < -0.3 is 5.32 Å². The highest BCUT2D eigenvalue weighted by Crippen LogP contribution is 2.23. The Morgan fingerprint density at radius 1 is 1.11 bits per heavy atom. The number of para-hydroxylation sites is 2. The minimum atomic E-state index is -0.303. The number of amides is 1. The smallest absolute Gasteiger partial charge is 0.266 e. The van der Waals surface area contributed by atoms with Crippen LogP contribution in [-0.2, 0) is 11.2 Å². The highest BCUT2D eigenvalue weighted by molar-refractivity contribution is 7.99. The Balaban J connectivity index is 2.10. The van der Waals surface area contributed by atoms with Crippen molar-refractivity contribution in [1.82, 2.24) is 14.9 Å². The fourth-order valence-corrected chi connectivity index (χ4v) is 3.84. The van der Waals surface area contributed by atoms with Gasteiger partial charge in [-0.1, -0.05) is 49.0 Å². The fourth-order valence-electron chi connectivity index (χ4n) is 3.03. The largest absolute Gasteiger partial charge is 0.351 e. The maximum absolute atomic E-state index is 13.3. The van der Waals surface area contributed by atoms with Crippen LogP contribution >= 0.6 is 11.8 Å². The average Bonchev–Trinajstić information content (AvgIpc) is 2.65. The van der Waals surface area contributed by atoms with Crippen LogP contribution in [0, 0.1) is 0 Å². The molecular weight excluding hydrogens is 370 g/mol. The molecule has 0 unspecified atom stereocenters. The molecule has 146 valence electrons. The van der Waals surface area contributed by atoms with E-state index >= 15 is 0 Å². The molecule has 0 saturated heterocycles. The molecule has 0 aliphatic carbocycles. The number of nitrogens with zero attached hydrogens (tertiary/aromatic N) is 2. The van der Waals surface area contributed by atoms with Gasteiger partial charge in [0.15, 0.2) is 5.16 Å². The summed E-state index contributed by atoms with van der Waals surface area (Å²) in [6.45, 7) is 7.88. The van der Waals surface area contributed by atoms with Crippen LogP contribution in [0.3, 0.4) is 0 Å². The predicted molar refractivity (Wildman–Crippen MR) is 115 cm³/mol. The fraction of sp³-hybridized carbons (Fsp3) is 0.318. The van der Waals surface area contributed by atoms with Crippen LogP contribution in [-0.4, -0.2) is 26.8 Å². The van der Waals surface area contributed by atoms with Crippen LogP contribution in [0.25, 0.3) is 16.6 Å². The van der Waals surface area contributed by atoms with Crippen molar-refractivity contribution in [3.05, 3.63) is 64.4 Å². The monoisotopic (exact) mass is 395 g/mol. The Morgan fingerprint density at radius 3 is 2.50 bits per heavy atom. The lowest BCUT2D eigenvalue weighted by Gasteiger charge is -2.20. The van der Waals surface area contributed by atoms with Crippen molar-refractivity contribution in [1.29, 1.82) is 0 Å². The molecule has 0 atom stereocenters. The van der Waals surface area contributed by atoms with Crippen molar-refractivity contribution in [2.75, 3.05) is 5.75 Å². The van der Waals surface area contributed by atoms with E-state index in [0.717, 1.165) is 17.7 Å². The first kappa shape index (κ1) is 20.1. The molecule has 0 radical (unpaired) electrons. The number of aryl methyl sites for hydroxylation is 1. The van der Waals surface area contributed by atoms with Gasteiger partial charge in [0, 0.05) is 5.54 Å². The third kappa shape index (κ3) is 4.44. The molecule has 0 bridgehead atoms. The van der Waals surface area contributed by atoms with E-state index in [1.165, 1.54) is 11.8 Å². The minimum Gasteiger partial charge on any atom is -0.351 e. The summed E-state index contributed by atoms with van der Waals surface area (Å²) in [5.74, 6) is 0.103.